The van der Waals surface area contributed by atoms with Gasteiger partial charge in [0.1, 0.15) is 5.75 Å². The van der Waals surface area contributed by atoms with Gasteiger partial charge < -0.3 is 5.11 Å². The maximum absolute atomic E-state index is 12.5. The topological polar surface area (TPSA) is 41.2 Å². The number of nitrogens with zero attached hydrogens (tertiary/aromatic N) is 1. The summed E-state index contributed by atoms with van der Waals surface area (Å²) in [7, 11) is 0. The number of thiazole rings is 1. The smallest absolute Gasteiger partial charge is 0.227 e. The molecule has 0 saturated heterocycles. The monoisotopic (exact) mass is 316 g/mol. The largest absolute Gasteiger partial charge is 0.508 e. The molecule has 116 valence electrons. The average Bonchev–Trinajstić information content (AvgIpc) is 2.78. The van der Waals surface area contributed by atoms with E-state index in [0.29, 0.717) is 12.1 Å². The van der Waals surface area contributed by atoms with E-state index >= 15 is 0 Å². The molecule has 3 nitrogen and oxygen atoms in total. The molecule has 2 aromatic rings. The van der Waals surface area contributed by atoms with Crippen LogP contribution < -0.4 is 4.57 Å². The first kappa shape index (κ1) is 16.4. The molecule has 0 fully saturated rings. The Bertz CT molecular complexity index is 723. The minimum atomic E-state index is -0.207. The maximum atomic E-state index is 12.5. The van der Waals surface area contributed by atoms with Gasteiger partial charge in [-0.2, -0.15) is 4.57 Å². The molecule has 0 radical (unpaired) electrons. The summed E-state index contributed by atoms with van der Waals surface area (Å²) in [6.07, 6.45) is 1.80. The molecule has 2 rings (SSSR count). The highest BCUT2D eigenvalue weighted by Crippen LogP contribution is 2.31. The molecule has 22 heavy (non-hydrogen) atoms. The van der Waals surface area contributed by atoms with Crippen molar-refractivity contribution in [3.05, 3.63) is 52.0 Å². The second-order valence-corrected chi connectivity index (χ2v) is 7.30. The fourth-order valence-corrected chi connectivity index (χ4v) is 3.19. The van der Waals surface area contributed by atoms with Gasteiger partial charge in [-0.05, 0) is 35.3 Å². The highest BCUT2D eigenvalue weighted by atomic mass is 32.1. The lowest BCUT2D eigenvalue weighted by molar-refractivity contribution is -0.684. The van der Waals surface area contributed by atoms with Gasteiger partial charge in [-0.25, -0.2) is 0 Å². The van der Waals surface area contributed by atoms with Gasteiger partial charge in [0.05, 0.1) is 4.88 Å². The lowest BCUT2D eigenvalue weighted by Crippen LogP contribution is -2.38. The SMILES string of the molecule is C=Cc1sc[n+](CC(=O)c2ccc(O)c(C(C)(C)C)c2)c1C. The Labute approximate surface area is 135 Å². The van der Waals surface area contributed by atoms with Crippen molar-refractivity contribution in [2.45, 2.75) is 39.7 Å². The standard InChI is InChI=1S/C18H21NO2S/c1-6-17-12(2)19(11-22-17)10-16(21)13-7-8-15(20)14(9-13)18(3,4)5/h6-9,11H,1,10H2,2-5H3/p+1. The molecule has 0 aliphatic rings. The summed E-state index contributed by atoms with van der Waals surface area (Å²) in [5.74, 6) is 0.268. The Hall–Kier alpha value is -1.94. The van der Waals surface area contributed by atoms with E-state index in [2.05, 4.69) is 6.58 Å². The van der Waals surface area contributed by atoms with Crippen LogP contribution in [0.3, 0.4) is 0 Å². The Balaban J connectivity index is 2.30. The molecule has 0 aliphatic heterocycles. The highest BCUT2D eigenvalue weighted by molar-refractivity contribution is 7.10. The summed E-state index contributed by atoms with van der Waals surface area (Å²) < 4.78 is 1.94. The van der Waals surface area contributed by atoms with Crippen molar-refractivity contribution in [2.24, 2.45) is 0 Å². The number of hydrogen-bond acceptors (Lipinski definition) is 3. The second kappa shape index (κ2) is 6.05. The number of carbonyl (C=O) groups excluding carboxylic acids is 1. The molecule has 4 heteroatoms. The number of phenols is 1. The molecule has 1 N–H and O–H groups in total. The first-order valence-corrected chi connectivity index (χ1v) is 8.08. The van der Waals surface area contributed by atoms with Gasteiger partial charge in [0.25, 0.3) is 0 Å². The molecule has 0 unspecified atom stereocenters. The van der Waals surface area contributed by atoms with E-state index in [1.165, 1.54) is 0 Å². The van der Waals surface area contributed by atoms with Crippen LogP contribution in [0.4, 0.5) is 0 Å². The fraction of sp³-hybridized carbons (Fsp3) is 0.333. The van der Waals surface area contributed by atoms with E-state index in [0.717, 1.165) is 16.1 Å². The van der Waals surface area contributed by atoms with E-state index in [1.807, 2.05) is 37.8 Å². The van der Waals surface area contributed by atoms with Crippen molar-refractivity contribution in [1.29, 1.82) is 0 Å². The second-order valence-electron chi connectivity index (χ2n) is 6.41. The number of carbonyl (C=O) groups is 1. The summed E-state index contributed by atoms with van der Waals surface area (Å²) in [6.45, 7) is 12.1. The Kier molecular flexibility index (Phi) is 4.52. The molecule has 1 aromatic carbocycles. The van der Waals surface area contributed by atoms with Crippen LogP contribution in [0.5, 0.6) is 5.75 Å². The molecule has 0 aliphatic carbocycles. The minimum absolute atomic E-state index is 0.0343. The number of rotatable bonds is 4. The van der Waals surface area contributed by atoms with Crippen molar-refractivity contribution in [1.82, 2.24) is 0 Å². The maximum Gasteiger partial charge on any atom is 0.227 e. The van der Waals surface area contributed by atoms with Crippen LogP contribution in [0.25, 0.3) is 6.08 Å². The van der Waals surface area contributed by atoms with E-state index in [1.54, 1.807) is 35.6 Å². The Morgan fingerprint density at radius 3 is 2.64 bits per heavy atom. The van der Waals surface area contributed by atoms with E-state index < -0.39 is 0 Å². The average molecular weight is 316 g/mol. The molecule has 1 aromatic heterocycles. The van der Waals surface area contributed by atoms with Crippen molar-refractivity contribution in [2.75, 3.05) is 0 Å². The van der Waals surface area contributed by atoms with Gasteiger partial charge in [-0.1, -0.05) is 38.7 Å². The third-order valence-electron chi connectivity index (χ3n) is 3.72. The number of phenolic OH excluding ortho intramolecular Hbond substituents is 1. The van der Waals surface area contributed by atoms with Gasteiger partial charge >= 0.3 is 0 Å². The van der Waals surface area contributed by atoms with Gasteiger partial charge in [-0.15, -0.1) is 0 Å². The molecule has 0 bridgehead atoms. The molecule has 0 saturated carbocycles. The molecular formula is C18H22NO2S+. The first-order valence-electron chi connectivity index (χ1n) is 7.20. The molecule has 0 atom stereocenters. The lowest BCUT2D eigenvalue weighted by atomic mass is 9.85. The zero-order valence-corrected chi connectivity index (χ0v) is 14.3. The van der Waals surface area contributed by atoms with Crippen LogP contribution in [0, 0.1) is 6.92 Å². The van der Waals surface area contributed by atoms with Crippen molar-refractivity contribution < 1.29 is 14.5 Å². The number of ketones is 1. The molecular weight excluding hydrogens is 294 g/mol. The van der Waals surface area contributed by atoms with E-state index in [-0.39, 0.29) is 16.9 Å². The fourth-order valence-electron chi connectivity index (χ4n) is 2.33. The van der Waals surface area contributed by atoms with Crippen LogP contribution in [0.15, 0.2) is 30.3 Å². The number of Topliss-reactive ketones (excluding diaryl/α,β-unsaturated/α-hetero) is 1. The van der Waals surface area contributed by atoms with Gasteiger partial charge in [0.15, 0.2) is 5.69 Å². The summed E-state index contributed by atoms with van der Waals surface area (Å²) in [4.78, 5) is 13.6. The van der Waals surface area contributed by atoms with Crippen LogP contribution >= 0.6 is 11.3 Å². The first-order chi connectivity index (χ1) is 10.2. The van der Waals surface area contributed by atoms with Gasteiger partial charge in [0.2, 0.25) is 17.8 Å². The lowest BCUT2D eigenvalue weighted by Gasteiger charge is -2.20. The number of aromatic nitrogens is 1. The number of hydrogen-bond donors (Lipinski definition) is 1. The third-order valence-corrected chi connectivity index (χ3v) is 4.80. The zero-order chi connectivity index (χ0) is 16.5. The summed E-state index contributed by atoms with van der Waals surface area (Å²) >= 11 is 1.58. The summed E-state index contributed by atoms with van der Waals surface area (Å²) in [5, 5.41) is 10.00. The van der Waals surface area contributed by atoms with Crippen LogP contribution in [0.1, 0.15) is 47.3 Å². The normalized spacial score (nSPS) is 11.5. The van der Waals surface area contributed by atoms with E-state index in [4.69, 9.17) is 0 Å². The minimum Gasteiger partial charge on any atom is -0.508 e. The van der Waals surface area contributed by atoms with Crippen LogP contribution in [-0.4, -0.2) is 10.9 Å². The Morgan fingerprint density at radius 2 is 2.09 bits per heavy atom. The van der Waals surface area contributed by atoms with Gasteiger partial charge in [0, 0.05) is 12.5 Å². The molecule has 0 spiro atoms. The van der Waals surface area contributed by atoms with Crippen molar-refractivity contribution in [3.8, 4) is 5.75 Å². The molecule has 0 amide bonds. The quantitative estimate of drug-likeness (QED) is 0.687. The summed E-state index contributed by atoms with van der Waals surface area (Å²) in [6, 6.07) is 5.09. The predicted molar refractivity (Wildman–Crippen MR) is 90.5 cm³/mol. The van der Waals surface area contributed by atoms with E-state index in [9.17, 15) is 9.90 Å². The zero-order valence-electron chi connectivity index (χ0n) is 13.5. The highest BCUT2D eigenvalue weighted by Gasteiger charge is 2.22. The predicted octanol–water partition coefficient (Wildman–Crippen LogP) is 3.87. The van der Waals surface area contributed by atoms with Crippen molar-refractivity contribution >= 4 is 23.2 Å². The van der Waals surface area contributed by atoms with Crippen molar-refractivity contribution in [3.63, 3.8) is 0 Å². The van der Waals surface area contributed by atoms with Crippen LogP contribution in [-0.2, 0) is 12.0 Å². The molecule has 1 heterocycles. The Morgan fingerprint density at radius 1 is 1.41 bits per heavy atom. The third kappa shape index (κ3) is 3.28. The number of benzene rings is 1. The number of aromatic hydroxyl groups is 1. The van der Waals surface area contributed by atoms with Gasteiger partial charge in [-0.3, -0.25) is 4.79 Å². The van der Waals surface area contributed by atoms with Crippen LogP contribution in [0.2, 0.25) is 0 Å². The summed E-state index contributed by atoms with van der Waals surface area (Å²) in [5.41, 5.74) is 4.19.